The van der Waals surface area contributed by atoms with Crippen LogP contribution in [-0.4, -0.2) is 56.8 Å². The Morgan fingerprint density at radius 2 is 1.69 bits per heavy atom. The fourth-order valence-corrected chi connectivity index (χ4v) is 5.20. The Hall–Kier alpha value is -2.45. The number of benzene rings is 2. The number of likely N-dealkylation sites (N-methyl/N-ethyl adjacent to an activating group) is 1. The van der Waals surface area contributed by atoms with Gasteiger partial charge in [-0.1, -0.05) is 37.1 Å². The standard InChI is InChI=1S/C24H31FN2O4S/c1-26(18-19-31-23-9-5-4-8-22(23)25)24(28)15-12-20-10-13-21(14-11-20)32(29,30)27-16-6-2-3-7-17-27/h4-5,8-11,13-14H,2-3,6-7,12,15-19H2,1H3. The second-order valence-electron chi connectivity index (χ2n) is 8.06. The lowest BCUT2D eigenvalue weighted by Gasteiger charge is -2.20. The summed E-state index contributed by atoms with van der Waals surface area (Å²) in [7, 11) is -1.78. The molecule has 1 saturated heterocycles. The number of aryl methyl sites for hydroxylation is 1. The van der Waals surface area contributed by atoms with Crippen molar-refractivity contribution in [2.24, 2.45) is 0 Å². The van der Waals surface area contributed by atoms with E-state index in [0.717, 1.165) is 31.2 Å². The van der Waals surface area contributed by atoms with E-state index in [4.69, 9.17) is 4.74 Å². The SMILES string of the molecule is CN(CCOc1ccccc1F)C(=O)CCc1ccc(S(=O)(=O)N2CCCCCC2)cc1. The van der Waals surface area contributed by atoms with Crippen LogP contribution in [0.1, 0.15) is 37.7 Å². The Morgan fingerprint density at radius 1 is 1.03 bits per heavy atom. The van der Waals surface area contributed by atoms with E-state index in [9.17, 15) is 17.6 Å². The summed E-state index contributed by atoms with van der Waals surface area (Å²) in [6.07, 6.45) is 4.76. The Bertz CT molecular complexity index is 987. The van der Waals surface area contributed by atoms with Crippen LogP contribution in [0.5, 0.6) is 5.75 Å². The van der Waals surface area contributed by atoms with Crippen LogP contribution in [-0.2, 0) is 21.2 Å². The van der Waals surface area contributed by atoms with Crippen molar-refractivity contribution in [1.82, 2.24) is 9.21 Å². The predicted molar refractivity (Wildman–Crippen MR) is 122 cm³/mol. The molecule has 1 aliphatic rings. The molecule has 174 valence electrons. The minimum absolute atomic E-state index is 0.0524. The third-order valence-corrected chi connectivity index (χ3v) is 7.61. The third-order valence-electron chi connectivity index (χ3n) is 5.70. The fraction of sp³-hybridized carbons (Fsp3) is 0.458. The van der Waals surface area contributed by atoms with Gasteiger partial charge in [0.25, 0.3) is 0 Å². The lowest BCUT2D eigenvalue weighted by atomic mass is 10.1. The number of hydrogen-bond acceptors (Lipinski definition) is 4. The van der Waals surface area contributed by atoms with Crippen LogP contribution in [0.4, 0.5) is 4.39 Å². The number of rotatable bonds is 9. The molecule has 32 heavy (non-hydrogen) atoms. The number of amides is 1. The van der Waals surface area contributed by atoms with E-state index in [-0.39, 0.29) is 18.3 Å². The zero-order chi connectivity index (χ0) is 23.0. The van der Waals surface area contributed by atoms with E-state index in [0.29, 0.717) is 37.4 Å². The maximum Gasteiger partial charge on any atom is 0.243 e. The molecule has 0 aromatic heterocycles. The minimum atomic E-state index is -3.47. The van der Waals surface area contributed by atoms with Crippen LogP contribution in [0.15, 0.2) is 53.4 Å². The van der Waals surface area contributed by atoms with Gasteiger partial charge >= 0.3 is 0 Å². The van der Waals surface area contributed by atoms with Crippen LogP contribution in [0.2, 0.25) is 0 Å². The lowest BCUT2D eigenvalue weighted by molar-refractivity contribution is -0.130. The largest absolute Gasteiger partial charge is 0.489 e. The summed E-state index contributed by atoms with van der Waals surface area (Å²) in [5.74, 6) is -0.310. The maximum atomic E-state index is 13.6. The smallest absolute Gasteiger partial charge is 0.243 e. The van der Waals surface area contributed by atoms with Gasteiger partial charge in [0.05, 0.1) is 11.4 Å². The van der Waals surface area contributed by atoms with Crippen molar-refractivity contribution in [3.05, 3.63) is 59.9 Å². The van der Waals surface area contributed by atoms with Crippen molar-refractivity contribution in [2.75, 3.05) is 33.3 Å². The average Bonchev–Trinajstić information content (AvgIpc) is 3.09. The van der Waals surface area contributed by atoms with Crippen molar-refractivity contribution < 1.29 is 22.3 Å². The van der Waals surface area contributed by atoms with Crippen molar-refractivity contribution in [2.45, 2.75) is 43.4 Å². The van der Waals surface area contributed by atoms with E-state index in [2.05, 4.69) is 0 Å². The van der Waals surface area contributed by atoms with Gasteiger partial charge in [0.15, 0.2) is 11.6 Å². The highest BCUT2D eigenvalue weighted by Gasteiger charge is 2.24. The summed E-state index contributed by atoms with van der Waals surface area (Å²) in [6.45, 7) is 1.70. The van der Waals surface area contributed by atoms with Gasteiger partial charge in [-0.15, -0.1) is 0 Å². The van der Waals surface area contributed by atoms with Crippen LogP contribution in [0, 0.1) is 5.82 Å². The molecule has 6 nitrogen and oxygen atoms in total. The van der Waals surface area contributed by atoms with Crippen LogP contribution >= 0.6 is 0 Å². The molecule has 1 aliphatic heterocycles. The van der Waals surface area contributed by atoms with Gasteiger partial charge in [-0.05, 0) is 49.1 Å². The van der Waals surface area contributed by atoms with Gasteiger partial charge in [-0.25, -0.2) is 12.8 Å². The van der Waals surface area contributed by atoms with Crippen LogP contribution < -0.4 is 4.74 Å². The first-order chi connectivity index (χ1) is 15.4. The Labute approximate surface area is 190 Å². The normalized spacial score (nSPS) is 15.2. The molecule has 2 aromatic carbocycles. The Kier molecular flexibility index (Phi) is 8.64. The van der Waals surface area contributed by atoms with Gasteiger partial charge < -0.3 is 9.64 Å². The van der Waals surface area contributed by atoms with Crippen molar-refractivity contribution in [3.8, 4) is 5.75 Å². The molecule has 0 radical (unpaired) electrons. The van der Waals surface area contributed by atoms with E-state index >= 15 is 0 Å². The highest BCUT2D eigenvalue weighted by atomic mass is 32.2. The van der Waals surface area contributed by atoms with Crippen LogP contribution in [0.25, 0.3) is 0 Å². The molecule has 0 bridgehead atoms. The quantitative estimate of drug-likeness (QED) is 0.568. The third kappa shape index (κ3) is 6.53. The molecule has 1 fully saturated rings. The molecule has 1 heterocycles. The Balaban J connectivity index is 1.46. The first kappa shape index (κ1) is 24.2. The molecule has 0 spiro atoms. The summed E-state index contributed by atoms with van der Waals surface area (Å²) >= 11 is 0. The lowest BCUT2D eigenvalue weighted by Crippen LogP contribution is -2.32. The van der Waals surface area contributed by atoms with Crippen molar-refractivity contribution in [1.29, 1.82) is 0 Å². The van der Waals surface area contributed by atoms with Gasteiger partial charge in [-0.2, -0.15) is 4.31 Å². The highest BCUT2D eigenvalue weighted by molar-refractivity contribution is 7.89. The van der Waals surface area contributed by atoms with Gasteiger partial charge in [0.1, 0.15) is 6.61 Å². The second kappa shape index (κ2) is 11.4. The number of sulfonamides is 1. The summed E-state index contributed by atoms with van der Waals surface area (Å²) < 4.78 is 46.3. The summed E-state index contributed by atoms with van der Waals surface area (Å²) in [4.78, 5) is 14.2. The number of carbonyl (C=O) groups excluding carboxylic acids is 1. The van der Waals surface area contributed by atoms with Crippen molar-refractivity contribution in [3.63, 3.8) is 0 Å². The van der Waals surface area contributed by atoms with Crippen LogP contribution in [0.3, 0.4) is 0 Å². The second-order valence-corrected chi connectivity index (χ2v) is 9.99. The van der Waals surface area contributed by atoms with E-state index in [1.54, 1.807) is 58.7 Å². The maximum absolute atomic E-state index is 13.6. The molecular weight excluding hydrogens is 431 g/mol. The van der Waals surface area contributed by atoms with E-state index in [1.807, 2.05) is 0 Å². The first-order valence-corrected chi connectivity index (χ1v) is 12.5. The topological polar surface area (TPSA) is 66.9 Å². The average molecular weight is 463 g/mol. The monoisotopic (exact) mass is 462 g/mol. The zero-order valence-electron chi connectivity index (χ0n) is 18.5. The van der Waals surface area contributed by atoms with E-state index in [1.165, 1.54) is 6.07 Å². The summed E-state index contributed by atoms with van der Waals surface area (Å²) in [5.41, 5.74) is 0.907. The summed E-state index contributed by atoms with van der Waals surface area (Å²) in [6, 6.07) is 13.0. The zero-order valence-corrected chi connectivity index (χ0v) is 19.3. The van der Waals surface area contributed by atoms with Gasteiger partial charge in [0.2, 0.25) is 15.9 Å². The molecule has 3 rings (SSSR count). The predicted octanol–water partition coefficient (Wildman–Crippen LogP) is 3.86. The highest BCUT2D eigenvalue weighted by Crippen LogP contribution is 2.21. The molecular formula is C24H31FN2O4S. The molecule has 2 aromatic rings. The number of carbonyl (C=O) groups is 1. The van der Waals surface area contributed by atoms with Gasteiger partial charge in [-0.3, -0.25) is 4.79 Å². The Morgan fingerprint density at radius 3 is 2.34 bits per heavy atom. The first-order valence-electron chi connectivity index (χ1n) is 11.1. The summed E-state index contributed by atoms with van der Waals surface area (Å²) in [5, 5.41) is 0. The molecule has 8 heteroatoms. The number of ether oxygens (including phenoxy) is 1. The fourth-order valence-electron chi connectivity index (χ4n) is 3.68. The van der Waals surface area contributed by atoms with Crippen molar-refractivity contribution >= 4 is 15.9 Å². The van der Waals surface area contributed by atoms with Gasteiger partial charge in [0, 0.05) is 26.6 Å². The molecule has 0 atom stereocenters. The number of halogens is 1. The molecule has 0 saturated carbocycles. The number of hydrogen-bond donors (Lipinski definition) is 0. The molecule has 1 amide bonds. The molecule has 0 unspecified atom stereocenters. The number of nitrogens with zero attached hydrogens (tertiary/aromatic N) is 2. The minimum Gasteiger partial charge on any atom is -0.489 e. The van der Waals surface area contributed by atoms with E-state index < -0.39 is 15.8 Å². The molecule has 0 N–H and O–H groups in total. The molecule has 0 aliphatic carbocycles. The number of para-hydroxylation sites is 1.